The summed E-state index contributed by atoms with van der Waals surface area (Å²) in [6, 6.07) is 3.85. The van der Waals surface area contributed by atoms with Crippen LogP contribution in [0.5, 0.6) is 5.75 Å². The van der Waals surface area contributed by atoms with E-state index in [-0.39, 0.29) is 0 Å². The number of aryl methyl sites for hydroxylation is 1. The lowest BCUT2D eigenvalue weighted by atomic mass is 9.97. The summed E-state index contributed by atoms with van der Waals surface area (Å²) < 4.78 is 5.21. The van der Waals surface area contributed by atoms with Crippen LogP contribution in [0.25, 0.3) is 0 Å². The fourth-order valence-corrected chi connectivity index (χ4v) is 2.41. The highest BCUT2D eigenvalue weighted by Crippen LogP contribution is 2.30. The minimum atomic E-state index is -0.545. The van der Waals surface area contributed by atoms with Crippen LogP contribution in [0.3, 0.4) is 0 Å². The molecule has 90 valence electrons. The molecule has 1 N–H and O–H groups in total. The van der Waals surface area contributed by atoms with E-state index in [0.29, 0.717) is 17.5 Å². The second-order valence-electron chi connectivity index (χ2n) is 3.41. The van der Waals surface area contributed by atoms with E-state index in [4.69, 9.17) is 32.6 Å². The molecule has 0 saturated carbocycles. The normalized spacial score (nSPS) is 11.2. The molecule has 0 radical (unpaired) electrons. The van der Waals surface area contributed by atoms with E-state index in [1.54, 1.807) is 0 Å². The Morgan fingerprint density at radius 3 is 2.38 bits per heavy atom. The second-order valence-corrected chi connectivity index (χ2v) is 4.55. The third kappa shape index (κ3) is 3.49. The molecule has 0 aliphatic carbocycles. The summed E-state index contributed by atoms with van der Waals surface area (Å²) in [4.78, 5) is 8.85. The maximum Gasteiger partial charge on any atom is 0.212 e. The predicted octanol–water partition coefficient (Wildman–Crippen LogP) is 3.44. The van der Waals surface area contributed by atoms with Gasteiger partial charge in [-0.3, -0.25) is 0 Å². The Hall–Kier alpha value is -0.0100. The first-order valence-corrected chi connectivity index (χ1v) is 6.96. The monoisotopic (exact) mass is 280 g/mol. The molecule has 1 atom stereocenters. The van der Waals surface area contributed by atoms with Gasteiger partial charge in [-0.15, -0.1) is 23.2 Å². The number of alkyl halides is 2. The average Bonchev–Trinajstić information content (AvgIpc) is 2.27. The molecular weight excluding hydrogens is 266 g/mol. The topological polar surface area (TPSA) is 29.5 Å². The van der Waals surface area contributed by atoms with Crippen molar-refractivity contribution in [3.05, 3.63) is 28.8 Å². The maximum atomic E-state index is 8.85. The summed E-state index contributed by atoms with van der Waals surface area (Å²) in [5.74, 6) is 1.82. The highest BCUT2D eigenvalue weighted by Gasteiger charge is 2.11. The van der Waals surface area contributed by atoms with Gasteiger partial charge in [0, 0.05) is 11.8 Å². The summed E-state index contributed by atoms with van der Waals surface area (Å²) in [7, 11) is -0.545. The fourth-order valence-electron chi connectivity index (χ4n) is 1.74. The van der Waals surface area contributed by atoms with Gasteiger partial charge >= 0.3 is 0 Å². The second kappa shape index (κ2) is 7.34. The molecule has 0 bridgehead atoms. The van der Waals surface area contributed by atoms with Crippen molar-refractivity contribution < 1.29 is 9.42 Å². The van der Waals surface area contributed by atoms with Crippen LogP contribution in [0.15, 0.2) is 12.1 Å². The molecule has 1 unspecified atom stereocenters. The molecule has 1 aromatic rings. The molecular formula is C11H15Cl2O2P. The summed E-state index contributed by atoms with van der Waals surface area (Å²) >= 11 is 11.6. The Morgan fingerprint density at radius 2 is 1.81 bits per heavy atom. The molecule has 0 aliphatic rings. The van der Waals surface area contributed by atoms with Crippen molar-refractivity contribution in [1.29, 1.82) is 0 Å². The van der Waals surface area contributed by atoms with Gasteiger partial charge in [-0.05, 0) is 42.5 Å². The van der Waals surface area contributed by atoms with Crippen molar-refractivity contribution >= 4 is 32.2 Å². The molecule has 0 aliphatic heterocycles. The van der Waals surface area contributed by atoms with Gasteiger partial charge in [0.2, 0.25) is 9.03 Å². The van der Waals surface area contributed by atoms with Gasteiger partial charge < -0.3 is 9.42 Å². The lowest BCUT2D eigenvalue weighted by molar-refractivity contribution is 0.510. The van der Waals surface area contributed by atoms with Crippen molar-refractivity contribution in [2.24, 2.45) is 0 Å². The van der Waals surface area contributed by atoms with Crippen molar-refractivity contribution in [3.8, 4) is 5.75 Å². The van der Waals surface area contributed by atoms with Gasteiger partial charge in [0.05, 0.1) is 0 Å². The first-order valence-electron chi connectivity index (χ1n) is 5.03. The molecule has 0 spiro atoms. The summed E-state index contributed by atoms with van der Waals surface area (Å²) in [5, 5.41) is 0. The van der Waals surface area contributed by atoms with Gasteiger partial charge in [0.1, 0.15) is 5.75 Å². The van der Waals surface area contributed by atoms with Gasteiger partial charge in [-0.2, -0.15) is 0 Å². The molecule has 2 nitrogen and oxygen atoms in total. The SMILES string of the molecule is Cc1ccc(OPO)c(CCCl)c1CCCl. The summed E-state index contributed by atoms with van der Waals surface area (Å²) in [5.41, 5.74) is 3.44. The quantitative estimate of drug-likeness (QED) is 0.639. The Bertz CT molecular complexity index is 345. The van der Waals surface area contributed by atoms with Gasteiger partial charge in [0.15, 0.2) is 0 Å². The Kier molecular flexibility index (Phi) is 6.45. The third-order valence-corrected chi connectivity index (χ3v) is 3.16. The molecule has 16 heavy (non-hydrogen) atoms. The number of benzene rings is 1. The molecule has 0 saturated heterocycles. The van der Waals surface area contributed by atoms with Crippen LogP contribution >= 0.6 is 32.2 Å². The lowest BCUT2D eigenvalue weighted by Crippen LogP contribution is -2.02. The van der Waals surface area contributed by atoms with Crippen molar-refractivity contribution in [3.63, 3.8) is 0 Å². The Balaban J connectivity index is 3.14. The predicted molar refractivity (Wildman–Crippen MR) is 71.2 cm³/mol. The summed E-state index contributed by atoms with van der Waals surface area (Å²) in [6.07, 6.45) is 1.53. The van der Waals surface area contributed by atoms with E-state index in [1.165, 1.54) is 11.1 Å². The van der Waals surface area contributed by atoms with Gasteiger partial charge in [-0.25, -0.2) is 0 Å². The van der Waals surface area contributed by atoms with E-state index in [9.17, 15) is 0 Å². The van der Waals surface area contributed by atoms with E-state index in [2.05, 4.69) is 0 Å². The molecule has 0 aromatic heterocycles. The van der Waals surface area contributed by atoms with Crippen LogP contribution in [-0.2, 0) is 12.8 Å². The maximum absolute atomic E-state index is 8.85. The molecule has 0 heterocycles. The number of halogens is 2. The minimum Gasteiger partial charge on any atom is -0.450 e. The van der Waals surface area contributed by atoms with Crippen molar-refractivity contribution in [2.45, 2.75) is 19.8 Å². The number of hydrogen-bond acceptors (Lipinski definition) is 2. The molecule has 5 heteroatoms. The van der Waals surface area contributed by atoms with Crippen LogP contribution in [0.2, 0.25) is 0 Å². The average molecular weight is 281 g/mol. The molecule has 1 aromatic carbocycles. The first kappa shape index (κ1) is 14.1. The van der Waals surface area contributed by atoms with E-state index in [1.807, 2.05) is 19.1 Å². The molecule has 0 amide bonds. The smallest absolute Gasteiger partial charge is 0.212 e. The van der Waals surface area contributed by atoms with E-state index in [0.717, 1.165) is 18.4 Å². The lowest BCUT2D eigenvalue weighted by Gasteiger charge is -2.15. The number of hydrogen-bond donors (Lipinski definition) is 1. The van der Waals surface area contributed by atoms with Gasteiger partial charge in [0.25, 0.3) is 0 Å². The van der Waals surface area contributed by atoms with Crippen LogP contribution in [0.1, 0.15) is 16.7 Å². The molecule has 1 rings (SSSR count). The Labute approximate surface area is 108 Å². The third-order valence-electron chi connectivity index (χ3n) is 2.47. The molecule has 0 fully saturated rings. The zero-order valence-electron chi connectivity index (χ0n) is 9.09. The van der Waals surface area contributed by atoms with Crippen LogP contribution in [0.4, 0.5) is 0 Å². The van der Waals surface area contributed by atoms with Crippen LogP contribution in [-0.4, -0.2) is 16.7 Å². The fraction of sp³-hybridized carbons (Fsp3) is 0.455. The highest BCUT2D eigenvalue weighted by atomic mass is 35.5. The standard InChI is InChI=1S/C11H15Cl2O2P/c1-8-2-3-11(15-16-14)10(5-7-13)9(8)4-6-12/h2-3,14,16H,4-7H2,1H3. The van der Waals surface area contributed by atoms with Gasteiger partial charge in [-0.1, -0.05) is 6.07 Å². The largest absolute Gasteiger partial charge is 0.450 e. The van der Waals surface area contributed by atoms with Crippen LogP contribution in [0, 0.1) is 6.92 Å². The minimum absolute atomic E-state index is 0.531. The zero-order chi connectivity index (χ0) is 12.0. The highest BCUT2D eigenvalue weighted by molar-refractivity contribution is 7.25. The van der Waals surface area contributed by atoms with E-state index >= 15 is 0 Å². The van der Waals surface area contributed by atoms with Crippen LogP contribution < -0.4 is 4.52 Å². The summed E-state index contributed by atoms with van der Waals surface area (Å²) in [6.45, 7) is 2.05. The zero-order valence-corrected chi connectivity index (χ0v) is 11.6. The first-order chi connectivity index (χ1) is 7.74. The van der Waals surface area contributed by atoms with Crippen molar-refractivity contribution in [2.75, 3.05) is 11.8 Å². The van der Waals surface area contributed by atoms with Crippen molar-refractivity contribution in [1.82, 2.24) is 0 Å². The number of rotatable bonds is 6. The van der Waals surface area contributed by atoms with E-state index < -0.39 is 9.03 Å². The Morgan fingerprint density at radius 1 is 1.19 bits per heavy atom.